The summed E-state index contributed by atoms with van der Waals surface area (Å²) in [5.74, 6) is -0.165. The molecule has 1 amide bonds. The topological polar surface area (TPSA) is 46.9 Å². The van der Waals surface area contributed by atoms with Crippen LogP contribution in [0, 0.1) is 0 Å². The molecular formula is C19H24F3N3O. The number of hydrogen-bond donors (Lipinski definition) is 1. The summed E-state index contributed by atoms with van der Waals surface area (Å²) in [5, 5.41) is 6.46. The van der Waals surface area contributed by atoms with Gasteiger partial charge in [0.2, 0.25) is 0 Å². The second-order valence-electron chi connectivity index (χ2n) is 6.45. The van der Waals surface area contributed by atoms with Gasteiger partial charge in [0.25, 0.3) is 5.91 Å². The smallest absolute Gasteiger partial charge is 0.344 e. The molecule has 0 saturated heterocycles. The van der Waals surface area contributed by atoms with Gasteiger partial charge in [0, 0.05) is 13.1 Å². The van der Waals surface area contributed by atoms with Gasteiger partial charge in [0.05, 0.1) is 6.04 Å². The maximum atomic E-state index is 12.9. The van der Waals surface area contributed by atoms with Gasteiger partial charge in [0.15, 0.2) is 5.69 Å². The highest BCUT2D eigenvalue weighted by Gasteiger charge is 2.35. The average molecular weight is 367 g/mol. The summed E-state index contributed by atoms with van der Waals surface area (Å²) < 4.78 is 39.3. The van der Waals surface area contributed by atoms with Crippen LogP contribution in [-0.4, -0.2) is 15.7 Å². The number of rotatable bonds is 6. The number of aryl methyl sites for hydroxylation is 1. The molecule has 0 radical (unpaired) electrons. The van der Waals surface area contributed by atoms with Crippen LogP contribution >= 0.6 is 0 Å². The summed E-state index contributed by atoms with van der Waals surface area (Å²) in [7, 11) is 1.17. The summed E-state index contributed by atoms with van der Waals surface area (Å²) in [6.07, 6.45) is -2.89. The molecule has 0 bridgehead atoms. The zero-order valence-electron chi connectivity index (χ0n) is 15.4. The predicted molar refractivity (Wildman–Crippen MR) is 93.9 cm³/mol. The highest BCUT2D eigenvalue weighted by atomic mass is 19.4. The Morgan fingerprint density at radius 1 is 1.15 bits per heavy atom. The van der Waals surface area contributed by atoms with Gasteiger partial charge in [0.1, 0.15) is 5.69 Å². The Labute approximate surface area is 151 Å². The molecule has 1 heterocycles. The maximum absolute atomic E-state index is 12.9. The van der Waals surface area contributed by atoms with Crippen molar-refractivity contribution in [1.29, 1.82) is 0 Å². The van der Waals surface area contributed by atoms with Crippen molar-refractivity contribution in [2.45, 2.75) is 51.7 Å². The highest BCUT2D eigenvalue weighted by Crippen LogP contribution is 2.29. The zero-order valence-corrected chi connectivity index (χ0v) is 15.4. The molecule has 0 aliphatic heterocycles. The van der Waals surface area contributed by atoms with E-state index in [4.69, 9.17) is 0 Å². The first-order valence-corrected chi connectivity index (χ1v) is 8.69. The standard InChI is InChI=1S/C19H24F3N3O/c1-5-12(3)13-7-9-14(10-8-13)15(6-2)23-18(26)16-11-17(19(20,21)22)25(4)24-16/h7-12,15H,5-6H2,1-4H3,(H,23,26). The van der Waals surface area contributed by atoms with Gasteiger partial charge < -0.3 is 5.32 Å². The Morgan fingerprint density at radius 2 is 1.73 bits per heavy atom. The van der Waals surface area contributed by atoms with Gasteiger partial charge in [-0.15, -0.1) is 0 Å². The quantitative estimate of drug-likeness (QED) is 0.795. The van der Waals surface area contributed by atoms with Crippen molar-refractivity contribution in [1.82, 2.24) is 15.1 Å². The van der Waals surface area contributed by atoms with Crippen LogP contribution in [0.25, 0.3) is 0 Å². The van der Waals surface area contributed by atoms with E-state index >= 15 is 0 Å². The molecule has 2 rings (SSSR count). The van der Waals surface area contributed by atoms with Crippen molar-refractivity contribution in [3.05, 3.63) is 52.8 Å². The average Bonchev–Trinajstić information content (AvgIpc) is 3.01. The molecule has 0 aliphatic rings. The third-order valence-electron chi connectivity index (χ3n) is 4.64. The number of amides is 1. The minimum atomic E-state index is -4.55. The van der Waals surface area contributed by atoms with E-state index in [1.54, 1.807) is 0 Å². The Balaban J connectivity index is 2.16. The first-order valence-electron chi connectivity index (χ1n) is 8.69. The molecule has 0 aliphatic carbocycles. The number of halogens is 3. The Morgan fingerprint density at radius 3 is 2.19 bits per heavy atom. The number of carbonyl (C=O) groups excluding carboxylic acids is 1. The number of benzene rings is 1. The molecule has 2 atom stereocenters. The van der Waals surface area contributed by atoms with E-state index in [1.807, 2.05) is 31.2 Å². The Kier molecular flexibility index (Phi) is 6.10. The van der Waals surface area contributed by atoms with Crippen LogP contribution < -0.4 is 5.32 Å². The number of carbonyl (C=O) groups is 1. The molecule has 1 aromatic heterocycles. The van der Waals surface area contributed by atoms with Crippen LogP contribution in [0.2, 0.25) is 0 Å². The molecule has 26 heavy (non-hydrogen) atoms. The van der Waals surface area contributed by atoms with Crippen LogP contribution in [0.3, 0.4) is 0 Å². The van der Waals surface area contributed by atoms with Crippen molar-refractivity contribution in [2.75, 3.05) is 0 Å². The van der Waals surface area contributed by atoms with E-state index in [1.165, 1.54) is 12.6 Å². The van der Waals surface area contributed by atoms with E-state index in [2.05, 4.69) is 24.3 Å². The third-order valence-corrected chi connectivity index (χ3v) is 4.64. The van der Waals surface area contributed by atoms with E-state index in [0.717, 1.165) is 18.1 Å². The van der Waals surface area contributed by atoms with Crippen molar-refractivity contribution in [3.63, 3.8) is 0 Å². The largest absolute Gasteiger partial charge is 0.433 e. The SMILES string of the molecule is CCC(C)c1ccc(C(CC)NC(=O)c2cc(C(F)(F)F)n(C)n2)cc1. The van der Waals surface area contributed by atoms with Gasteiger partial charge in [-0.05, 0) is 29.9 Å². The molecule has 7 heteroatoms. The highest BCUT2D eigenvalue weighted by molar-refractivity contribution is 5.92. The van der Waals surface area contributed by atoms with Crippen LogP contribution in [0.1, 0.15) is 72.9 Å². The molecule has 0 spiro atoms. The molecule has 0 fully saturated rings. The van der Waals surface area contributed by atoms with Crippen molar-refractivity contribution >= 4 is 5.91 Å². The van der Waals surface area contributed by atoms with Gasteiger partial charge in [-0.1, -0.05) is 45.0 Å². The second kappa shape index (κ2) is 7.93. The summed E-state index contributed by atoms with van der Waals surface area (Å²) >= 11 is 0. The maximum Gasteiger partial charge on any atom is 0.433 e. The molecule has 0 saturated carbocycles. The monoisotopic (exact) mass is 367 g/mol. The van der Waals surface area contributed by atoms with Crippen LogP contribution in [0.4, 0.5) is 13.2 Å². The van der Waals surface area contributed by atoms with E-state index in [-0.39, 0.29) is 11.7 Å². The lowest BCUT2D eigenvalue weighted by atomic mass is 9.95. The Bertz CT molecular complexity index is 750. The molecule has 142 valence electrons. The molecule has 1 N–H and O–H groups in total. The third kappa shape index (κ3) is 4.45. The van der Waals surface area contributed by atoms with Crippen LogP contribution in [0.15, 0.2) is 30.3 Å². The van der Waals surface area contributed by atoms with E-state index in [9.17, 15) is 18.0 Å². The van der Waals surface area contributed by atoms with E-state index < -0.39 is 17.8 Å². The van der Waals surface area contributed by atoms with Gasteiger partial charge in [-0.2, -0.15) is 18.3 Å². The summed E-state index contributed by atoms with van der Waals surface area (Å²) in [6.45, 7) is 6.18. The van der Waals surface area contributed by atoms with Crippen LogP contribution in [-0.2, 0) is 13.2 Å². The molecule has 1 aromatic carbocycles. The molecule has 2 aromatic rings. The number of nitrogens with one attached hydrogen (secondary N) is 1. The lowest BCUT2D eigenvalue weighted by molar-refractivity contribution is -0.143. The van der Waals surface area contributed by atoms with Gasteiger partial charge in [-0.25, -0.2) is 0 Å². The van der Waals surface area contributed by atoms with Crippen molar-refractivity contribution < 1.29 is 18.0 Å². The summed E-state index contributed by atoms with van der Waals surface area (Å²) in [6, 6.07) is 8.45. The predicted octanol–water partition coefficient (Wildman–Crippen LogP) is 4.83. The minimum Gasteiger partial charge on any atom is -0.344 e. The fourth-order valence-corrected chi connectivity index (χ4v) is 2.79. The minimum absolute atomic E-state index is 0.241. The number of alkyl halides is 3. The fourth-order valence-electron chi connectivity index (χ4n) is 2.79. The number of hydrogen-bond acceptors (Lipinski definition) is 2. The van der Waals surface area contributed by atoms with Crippen LogP contribution in [0.5, 0.6) is 0 Å². The van der Waals surface area contributed by atoms with Gasteiger partial charge >= 0.3 is 6.18 Å². The van der Waals surface area contributed by atoms with Gasteiger partial charge in [-0.3, -0.25) is 9.48 Å². The number of nitrogens with zero attached hydrogens (tertiary/aromatic N) is 2. The summed E-state index contributed by atoms with van der Waals surface area (Å²) in [4.78, 5) is 12.3. The lowest BCUT2D eigenvalue weighted by Crippen LogP contribution is -2.28. The van der Waals surface area contributed by atoms with Crippen molar-refractivity contribution in [3.8, 4) is 0 Å². The van der Waals surface area contributed by atoms with E-state index in [0.29, 0.717) is 17.0 Å². The lowest BCUT2D eigenvalue weighted by Gasteiger charge is -2.18. The number of aromatic nitrogens is 2. The van der Waals surface area contributed by atoms with Crippen molar-refractivity contribution in [2.24, 2.45) is 7.05 Å². The first kappa shape index (κ1) is 20.0. The molecule has 2 unspecified atom stereocenters. The molecular weight excluding hydrogens is 343 g/mol. The first-order chi connectivity index (χ1) is 12.2. The zero-order chi connectivity index (χ0) is 19.5. The Hall–Kier alpha value is -2.31. The fraction of sp³-hybridized carbons (Fsp3) is 0.474. The normalized spacial score (nSPS) is 14.1. The molecule has 4 nitrogen and oxygen atoms in total. The second-order valence-corrected chi connectivity index (χ2v) is 6.45. The summed E-state index contributed by atoms with van der Waals surface area (Å²) in [5.41, 5.74) is 0.944.